The molecule has 0 saturated carbocycles. The van der Waals surface area contributed by atoms with E-state index in [0.29, 0.717) is 11.3 Å². The second-order valence-corrected chi connectivity index (χ2v) is 5.79. The number of nitrogen functional groups attached to an aromatic ring is 1. The van der Waals surface area contributed by atoms with Gasteiger partial charge in [-0.3, -0.25) is 9.89 Å². The predicted octanol–water partition coefficient (Wildman–Crippen LogP) is 2.59. The number of hydrogen-bond donors (Lipinski definition) is 3. The number of anilines is 1. The molecule has 4 N–H and O–H groups in total. The minimum Gasteiger partial charge on any atom is -0.384 e. The summed E-state index contributed by atoms with van der Waals surface area (Å²) in [6.07, 6.45) is -1.08. The molecule has 2 aromatic carbocycles. The number of para-hydroxylation sites is 1. The fraction of sp³-hybridized carbons (Fsp3) is 0.0625. The highest BCUT2D eigenvalue weighted by atomic mass is 79.9. The van der Waals surface area contributed by atoms with E-state index < -0.39 is 6.10 Å². The van der Waals surface area contributed by atoms with E-state index in [9.17, 15) is 9.90 Å². The Hall–Kier alpha value is -2.31. The first-order chi connectivity index (χ1) is 10.6. The van der Waals surface area contributed by atoms with Crippen LogP contribution in [0.15, 0.2) is 63.9 Å². The Kier molecular flexibility index (Phi) is 3.87. The molecule has 0 amide bonds. The third kappa shape index (κ3) is 2.58. The van der Waals surface area contributed by atoms with E-state index in [1.807, 2.05) is 18.2 Å². The van der Waals surface area contributed by atoms with Crippen LogP contribution in [0.2, 0.25) is 0 Å². The summed E-state index contributed by atoms with van der Waals surface area (Å²) in [7, 11) is 0. The van der Waals surface area contributed by atoms with Crippen LogP contribution < -0.4 is 11.3 Å². The molecule has 0 bridgehead atoms. The molecule has 3 rings (SSSR count). The number of nitrogens with two attached hydrogens (primary N) is 1. The van der Waals surface area contributed by atoms with Gasteiger partial charge in [-0.25, -0.2) is 4.68 Å². The molecule has 0 aliphatic carbocycles. The maximum Gasteiger partial charge on any atom is 0.279 e. The summed E-state index contributed by atoms with van der Waals surface area (Å²) in [6.45, 7) is 0. The normalized spacial score (nSPS) is 12.3. The largest absolute Gasteiger partial charge is 0.384 e. The number of hydrogen-bond acceptors (Lipinski definition) is 3. The van der Waals surface area contributed by atoms with Crippen LogP contribution >= 0.6 is 15.9 Å². The van der Waals surface area contributed by atoms with Gasteiger partial charge in [-0.2, -0.15) is 0 Å². The van der Waals surface area contributed by atoms with Gasteiger partial charge in [-0.05, 0) is 29.8 Å². The monoisotopic (exact) mass is 359 g/mol. The summed E-state index contributed by atoms with van der Waals surface area (Å²) in [4.78, 5) is 12.6. The van der Waals surface area contributed by atoms with E-state index in [2.05, 4.69) is 21.0 Å². The van der Waals surface area contributed by atoms with Crippen molar-refractivity contribution >= 4 is 21.7 Å². The third-order valence-electron chi connectivity index (χ3n) is 3.43. The molecule has 22 heavy (non-hydrogen) atoms. The lowest BCUT2D eigenvalue weighted by Crippen LogP contribution is -2.19. The van der Waals surface area contributed by atoms with Gasteiger partial charge in [0.2, 0.25) is 0 Å². The molecular formula is C16H14BrN3O2. The number of benzene rings is 2. The summed E-state index contributed by atoms with van der Waals surface area (Å²) < 4.78 is 2.22. The molecule has 5 nitrogen and oxygen atoms in total. The van der Waals surface area contributed by atoms with Crippen LogP contribution in [0.1, 0.15) is 17.2 Å². The van der Waals surface area contributed by atoms with Gasteiger partial charge in [0.1, 0.15) is 11.9 Å². The second kappa shape index (κ2) is 5.82. The first-order valence-corrected chi connectivity index (χ1v) is 7.46. The van der Waals surface area contributed by atoms with Crippen molar-refractivity contribution in [2.75, 3.05) is 5.73 Å². The van der Waals surface area contributed by atoms with Crippen molar-refractivity contribution in [2.24, 2.45) is 0 Å². The molecular weight excluding hydrogens is 346 g/mol. The number of aromatic amines is 1. The van der Waals surface area contributed by atoms with Gasteiger partial charge in [0, 0.05) is 4.47 Å². The molecule has 3 aromatic rings. The lowest BCUT2D eigenvalue weighted by molar-refractivity contribution is 0.220. The van der Waals surface area contributed by atoms with Crippen LogP contribution in [0.3, 0.4) is 0 Å². The van der Waals surface area contributed by atoms with E-state index in [1.54, 1.807) is 36.4 Å². The van der Waals surface area contributed by atoms with Crippen LogP contribution in [-0.4, -0.2) is 14.9 Å². The van der Waals surface area contributed by atoms with Crippen molar-refractivity contribution < 1.29 is 5.11 Å². The van der Waals surface area contributed by atoms with Crippen LogP contribution in [0.4, 0.5) is 5.82 Å². The van der Waals surface area contributed by atoms with Crippen molar-refractivity contribution in [3.05, 3.63) is 80.6 Å². The van der Waals surface area contributed by atoms with Gasteiger partial charge in [0.25, 0.3) is 5.56 Å². The van der Waals surface area contributed by atoms with E-state index >= 15 is 0 Å². The standard InChI is InChI=1S/C16H14BrN3O2/c17-11-8-6-10(7-9-11)14(21)13-15(18)19-20(16(13)22)12-4-2-1-3-5-12/h1-9,14,19,21H,18H2. The Morgan fingerprint density at radius 1 is 1.09 bits per heavy atom. The minimum atomic E-state index is -1.08. The maximum atomic E-state index is 12.6. The maximum absolute atomic E-state index is 12.6. The lowest BCUT2D eigenvalue weighted by Gasteiger charge is -2.09. The second-order valence-electron chi connectivity index (χ2n) is 4.87. The van der Waals surface area contributed by atoms with Crippen molar-refractivity contribution in [2.45, 2.75) is 6.10 Å². The molecule has 1 aromatic heterocycles. The average Bonchev–Trinajstić information content (AvgIpc) is 2.83. The van der Waals surface area contributed by atoms with Crippen LogP contribution in [0.25, 0.3) is 5.69 Å². The van der Waals surface area contributed by atoms with E-state index in [1.165, 1.54) is 4.68 Å². The van der Waals surface area contributed by atoms with Crippen molar-refractivity contribution in [1.29, 1.82) is 0 Å². The number of nitrogens with zero attached hydrogens (tertiary/aromatic N) is 1. The van der Waals surface area contributed by atoms with Crippen LogP contribution in [0.5, 0.6) is 0 Å². The van der Waals surface area contributed by atoms with E-state index in [0.717, 1.165) is 4.47 Å². The molecule has 1 unspecified atom stereocenters. The molecule has 6 heteroatoms. The van der Waals surface area contributed by atoms with Crippen LogP contribution in [0, 0.1) is 0 Å². The Labute approximate surface area is 135 Å². The highest BCUT2D eigenvalue weighted by Crippen LogP contribution is 2.25. The SMILES string of the molecule is Nc1[nH]n(-c2ccccc2)c(=O)c1C(O)c1ccc(Br)cc1. The van der Waals surface area contributed by atoms with E-state index in [4.69, 9.17) is 5.73 Å². The molecule has 0 spiro atoms. The lowest BCUT2D eigenvalue weighted by atomic mass is 10.0. The fourth-order valence-electron chi connectivity index (χ4n) is 2.30. The number of nitrogens with one attached hydrogen (secondary N) is 1. The van der Waals surface area contributed by atoms with Gasteiger partial charge >= 0.3 is 0 Å². The Morgan fingerprint density at radius 3 is 2.36 bits per heavy atom. The summed E-state index contributed by atoms with van der Waals surface area (Å²) in [5.41, 5.74) is 6.95. The van der Waals surface area contributed by atoms with Gasteiger partial charge in [-0.15, -0.1) is 0 Å². The minimum absolute atomic E-state index is 0.145. The number of rotatable bonds is 3. The molecule has 0 aliphatic heterocycles. The number of halogens is 1. The highest BCUT2D eigenvalue weighted by molar-refractivity contribution is 9.10. The number of H-pyrrole nitrogens is 1. The van der Waals surface area contributed by atoms with Crippen molar-refractivity contribution in [1.82, 2.24) is 9.78 Å². The molecule has 0 radical (unpaired) electrons. The van der Waals surface area contributed by atoms with E-state index in [-0.39, 0.29) is 16.9 Å². The zero-order chi connectivity index (χ0) is 15.7. The Balaban J connectivity index is 2.07. The van der Waals surface area contributed by atoms with Crippen LogP contribution in [-0.2, 0) is 0 Å². The average molecular weight is 360 g/mol. The highest BCUT2D eigenvalue weighted by Gasteiger charge is 2.22. The first kappa shape index (κ1) is 14.6. The third-order valence-corrected chi connectivity index (χ3v) is 3.96. The summed E-state index contributed by atoms with van der Waals surface area (Å²) in [6, 6.07) is 16.2. The fourth-order valence-corrected chi connectivity index (χ4v) is 2.57. The van der Waals surface area contributed by atoms with Gasteiger partial charge in [0.15, 0.2) is 0 Å². The summed E-state index contributed by atoms with van der Waals surface area (Å²) in [5.74, 6) is 0.157. The van der Waals surface area contributed by atoms with Gasteiger partial charge in [0.05, 0.1) is 11.3 Å². The Bertz CT molecular complexity index is 838. The predicted molar refractivity (Wildman–Crippen MR) is 89.0 cm³/mol. The number of aliphatic hydroxyl groups is 1. The zero-order valence-corrected chi connectivity index (χ0v) is 13.1. The van der Waals surface area contributed by atoms with Crippen molar-refractivity contribution in [3.63, 3.8) is 0 Å². The Morgan fingerprint density at radius 2 is 1.73 bits per heavy atom. The van der Waals surface area contributed by atoms with Gasteiger partial charge < -0.3 is 10.8 Å². The molecule has 0 saturated heterocycles. The molecule has 1 atom stereocenters. The topological polar surface area (TPSA) is 84.0 Å². The molecule has 1 heterocycles. The first-order valence-electron chi connectivity index (χ1n) is 6.67. The summed E-state index contributed by atoms with van der Waals surface area (Å²) in [5, 5.41) is 13.3. The quantitative estimate of drug-likeness (QED) is 0.671. The zero-order valence-electron chi connectivity index (χ0n) is 11.5. The summed E-state index contributed by atoms with van der Waals surface area (Å²) >= 11 is 3.34. The number of aromatic nitrogens is 2. The smallest absolute Gasteiger partial charge is 0.279 e. The molecule has 0 aliphatic rings. The van der Waals surface area contributed by atoms with Gasteiger partial charge in [-0.1, -0.05) is 46.3 Å². The molecule has 0 fully saturated rings. The molecule has 112 valence electrons. The van der Waals surface area contributed by atoms with Crippen molar-refractivity contribution in [3.8, 4) is 5.69 Å². The number of aliphatic hydroxyl groups excluding tert-OH is 1.